The molecule has 0 aliphatic rings. The van der Waals surface area contributed by atoms with Gasteiger partial charge < -0.3 is 10.1 Å². The van der Waals surface area contributed by atoms with E-state index in [-0.39, 0.29) is 0 Å². The van der Waals surface area contributed by atoms with E-state index in [1.54, 1.807) is 0 Å². The quantitative estimate of drug-likeness (QED) is 0.820. The predicted octanol–water partition coefficient (Wildman–Crippen LogP) is 4.69. The molecule has 1 unspecified atom stereocenters. The molecule has 0 heterocycles. The third-order valence-electron chi connectivity index (χ3n) is 2.84. The number of para-hydroxylation sites is 1. The van der Waals surface area contributed by atoms with Gasteiger partial charge in [-0.25, -0.2) is 0 Å². The van der Waals surface area contributed by atoms with Crippen LogP contribution in [0, 0.1) is 0 Å². The molecule has 0 bridgehead atoms. The molecule has 0 spiro atoms. The number of benzene rings is 2. The summed E-state index contributed by atoms with van der Waals surface area (Å²) in [5, 5.41) is 3.44. The fourth-order valence-corrected chi connectivity index (χ4v) is 1.66. The Labute approximate surface area is 109 Å². The molecule has 1 atom stereocenters. The monoisotopic (exact) mass is 241 g/mol. The van der Waals surface area contributed by atoms with Crippen LogP contribution in [0.1, 0.15) is 20.3 Å². The zero-order valence-electron chi connectivity index (χ0n) is 10.9. The van der Waals surface area contributed by atoms with Gasteiger partial charge in [-0.3, -0.25) is 0 Å². The van der Waals surface area contributed by atoms with E-state index in [0.717, 1.165) is 23.6 Å². The normalized spacial score (nSPS) is 11.9. The highest BCUT2D eigenvalue weighted by atomic mass is 16.5. The predicted molar refractivity (Wildman–Crippen MR) is 76.3 cm³/mol. The molecule has 1 N–H and O–H groups in total. The maximum atomic E-state index is 5.79. The summed E-state index contributed by atoms with van der Waals surface area (Å²) in [6, 6.07) is 18.3. The van der Waals surface area contributed by atoms with Crippen molar-refractivity contribution in [3.63, 3.8) is 0 Å². The molecular formula is C16H19NO. The van der Waals surface area contributed by atoms with E-state index in [0.29, 0.717) is 6.04 Å². The molecule has 0 radical (unpaired) electrons. The number of rotatable bonds is 5. The minimum Gasteiger partial charge on any atom is -0.457 e. The highest BCUT2D eigenvalue weighted by Crippen LogP contribution is 2.24. The van der Waals surface area contributed by atoms with Crippen LogP contribution in [-0.4, -0.2) is 6.04 Å². The first kappa shape index (κ1) is 12.5. The molecule has 2 aromatic rings. The highest BCUT2D eigenvalue weighted by molar-refractivity contribution is 5.49. The van der Waals surface area contributed by atoms with E-state index in [1.807, 2.05) is 48.5 Å². The van der Waals surface area contributed by atoms with Crippen LogP contribution in [-0.2, 0) is 0 Å². The van der Waals surface area contributed by atoms with Gasteiger partial charge in [0.15, 0.2) is 0 Å². The second kappa shape index (κ2) is 6.10. The van der Waals surface area contributed by atoms with Gasteiger partial charge in [0.25, 0.3) is 0 Å². The standard InChI is InChI=1S/C16H19NO/c1-3-13(2)17-14-8-7-11-16(12-14)18-15-9-5-4-6-10-15/h4-13,17H,3H2,1-2H3. The summed E-state index contributed by atoms with van der Waals surface area (Å²) in [7, 11) is 0. The Bertz CT molecular complexity index is 481. The Balaban J connectivity index is 2.08. The van der Waals surface area contributed by atoms with Crippen molar-refractivity contribution in [3.8, 4) is 11.5 Å². The van der Waals surface area contributed by atoms with Gasteiger partial charge in [0.1, 0.15) is 11.5 Å². The average Bonchev–Trinajstić information content (AvgIpc) is 2.40. The lowest BCUT2D eigenvalue weighted by molar-refractivity contribution is 0.483. The summed E-state index contributed by atoms with van der Waals surface area (Å²) >= 11 is 0. The van der Waals surface area contributed by atoms with Gasteiger partial charge in [-0.1, -0.05) is 31.2 Å². The average molecular weight is 241 g/mol. The minimum atomic E-state index is 0.469. The summed E-state index contributed by atoms with van der Waals surface area (Å²) in [6.07, 6.45) is 1.10. The topological polar surface area (TPSA) is 21.3 Å². The Morgan fingerprint density at radius 3 is 2.44 bits per heavy atom. The van der Waals surface area contributed by atoms with E-state index in [1.165, 1.54) is 0 Å². The van der Waals surface area contributed by atoms with Gasteiger partial charge in [-0.05, 0) is 37.6 Å². The van der Waals surface area contributed by atoms with Gasteiger partial charge in [0, 0.05) is 17.8 Å². The summed E-state index contributed by atoms with van der Waals surface area (Å²) in [6.45, 7) is 4.34. The van der Waals surface area contributed by atoms with Gasteiger partial charge in [0.05, 0.1) is 0 Å². The highest BCUT2D eigenvalue weighted by Gasteiger charge is 2.01. The van der Waals surface area contributed by atoms with Gasteiger partial charge >= 0.3 is 0 Å². The molecule has 0 saturated carbocycles. The Hall–Kier alpha value is -1.96. The first-order chi connectivity index (χ1) is 8.78. The van der Waals surface area contributed by atoms with Crippen LogP contribution in [0.3, 0.4) is 0 Å². The fourth-order valence-electron chi connectivity index (χ4n) is 1.66. The summed E-state index contributed by atoms with van der Waals surface area (Å²) in [5.41, 5.74) is 1.10. The van der Waals surface area contributed by atoms with E-state index < -0.39 is 0 Å². The Kier molecular flexibility index (Phi) is 4.24. The molecule has 0 amide bonds. The van der Waals surface area contributed by atoms with Crippen molar-refractivity contribution in [1.82, 2.24) is 0 Å². The third-order valence-corrected chi connectivity index (χ3v) is 2.84. The minimum absolute atomic E-state index is 0.469. The summed E-state index contributed by atoms with van der Waals surface area (Å²) in [5.74, 6) is 1.72. The molecule has 0 fully saturated rings. The second-order valence-electron chi connectivity index (χ2n) is 4.40. The Morgan fingerprint density at radius 1 is 1.00 bits per heavy atom. The molecular weight excluding hydrogens is 222 g/mol. The number of hydrogen-bond acceptors (Lipinski definition) is 2. The molecule has 2 nitrogen and oxygen atoms in total. The van der Waals surface area contributed by atoms with Crippen LogP contribution in [0.2, 0.25) is 0 Å². The van der Waals surface area contributed by atoms with Crippen molar-refractivity contribution in [2.75, 3.05) is 5.32 Å². The van der Waals surface area contributed by atoms with Crippen molar-refractivity contribution in [2.45, 2.75) is 26.3 Å². The van der Waals surface area contributed by atoms with E-state index in [4.69, 9.17) is 4.74 Å². The van der Waals surface area contributed by atoms with E-state index >= 15 is 0 Å². The second-order valence-corrected chi connectivity index (χ2v) is 4.40. The number of nitrogens with one attached hydrogen (secondary N) is 1. The largest absolute Gasteiger partial charge is 0.457 e. The van der Waals surface area contributed by atoms with Crippen LogP contribution >= 0.6 is 0 Å². The smallest absolute Gasteiger partial charge is 0.129 e. The summed E-state index contributed by atoms with van der Waals surface area (Å²) < 4.78 is 5.79. The zero-order valence-corrected chi connectivity index (χ0v) is 10.9. The van der Waals surface area contributed by atoms with Gasteiger partial charge in [0.2, 0.25) is 0 Å². The van der Waals surface area contributed by atoms with Crippen molar-refractivity contribution >= 4 is 5.69 Å². The van der Waals surface area contributed by atoms with Crippen LogP contribution in [0.5, 0.6) is 11.5 Å². The lowest BCUT2D eigenvalue weighted by Gasteiger charge is -2.14. The Morgan fingerprint density at radius 2 is 1.72 bits per heavy atom. The molecule has 0 saturated heterocycles. The lowest BCUT2D eigenvalue weighted by atomic mass is 10.2. The molecule has 18 heavy (non-hydrogen) atoms. The zero-order chi connectivity index (χ0) is 12.8. The molecule has 2 heteroatoms. The van der Waals surface area contributed by atoms with Crippen LogP contribution in [0.15, 0.2) is 54.6 Å². The number of hydrogen-bond donors (Lipinski definition) is 1. The molecule has 0 aromatic heterocycles. The van der Waals surface area contributed by atoms with Crippen molar-refractivity contribution in [1.29, 1.82) is 0 Å². The SMILES string of the molecule is CCC(C)Nc1cccc(Oc2ccccc2)c1. The van der Waals surface area contributed by atoms with Crippen LogP contribution in [0.25, 0.3) is 0 Å². The maximum Gasteiger partial charge on any atom is 0.129 e. The van der Waals surface area contributed by atoms with Gasteiger partial charge in [-0.2, -0.15) is 0 Å². The molecule has 2 rings (SSSR count). The first-order valence-electron chi connectivity index (χ1n) is 6.37. The number of anilines is 1. The molecule has 94 valence electrons. The third kappa shape index (κ3) is 3.52. The van der Waals surface area contributed by atoms with Gasteiger partial charge in [-0.15, -0.1) is 0 Å². The fraction of sp³-hybridized carbons (Fsp3) is 0.250. The van der Waals surface area contributed by atoms with Crippen molar-refractivity contribution < 1.29 is 4.74 Å². The van der Waals surface area contributed by atoms with E-state index in [2.05, 4.69) is 25.2 Å². The van der Waals surface area contributed by atoms with Crippen molar-refractivity contribution in [3.05, 3.63) is 54.6 Å². The molecule has 0 aliphatic heterocycles. The van der Waals surface area contributed by atoms with Crippen LogP contribution in [0.4, 0.5) is 5.69 Å². The number of ether oxygens (including phenoxy) is 1. The molecule has 2 aromatic carbocycles. The summed E-state index contributed by atoms with van der Waals surface area (Å²) in [4.78, 5) is 0. The lowest BCUT2D eigenvalue weighted by Crippen LogP contribution is -2.13. The molecule has 0 aliphatic carbocycles. The maximum absolute atomic E-state index is 5.79. The van der Waals surface area contributed by atoms with E-state index in [9.17, 15) is 0 Å². The first-order valence-corrected chi connectivity index (χ1v) is 6.37. The van der Waals surface area contributed by atoms with Crippen molar-refractivity contribution in [2.24, 2.45) is 0 Å². The van der Waals surface area contributed by atoms with Crippen LogP contribution < -0.4 is 10.1 Å².